The first-order valence-corrected chi connectivity index (χ1v) is 9.24. The molecule has 0 atom stereocenters. The van der Waals surface area contributed by atoms with Crippen LogP contribution in [0.5, 0.6) is 0 Å². The first-order valence-electron chi connectivity index (χ1n) is 9.24. The van der Waals surface area contributed by atoms with Crippen LogP contribution in [0, 0.1) is 11.6 Å². The molecule has 1 amide bonds. The van der Waals surface area contributed by atoms with Crippen LogP contribution in [0.1, 0.15) is 12.5 Å². The summed E-state index contributed by atoms with van der Waals surface area (Å²) in [4.78, 5) is 24.9. The molecule has 2 aromatic carbocycles. The van der Waals surface area contributed by atoms with Crippen LogP contribution < -0.4 is 10.9 Å². The van der Waals surface area contributed by atoms with Gasteiger partial charge in [-0.2, -0.15) is 10.2 Å². The van der Waals surface area contributed by atoms with Gasteiger partial charge in [-0.15, -0.1) is 0 Å². The molecule has 7 nitrogen and oxygen atoms in total. The maximum Gasteiger partial charge on any atom is 0.293 e. The second-order valence-corrected chi connectivity index (χ2v) is 6.68. The van der Waals surface area contributed by atoms with E-state index in [2.05, 4.69) is 22.4 Å². The fraction of sp³-hybridized carbons (Fsp3) is 0.143. The molecule has 0 saturated carbocycles. The number of rotatable bonds is 5. The van der Waals surface area contributed by atoms with E-state index < -0.39 is 29.6 Å². The molecule has 0 fully saturated rings. The van der Waals surface area contributed by atoms with Crippen LogP contribution >= 0.6 is 0 Å². The Morgan fingerprint density at radius 3 is 2.60 bits per heavy atom. The highest BCUT2D eigenvalue weighted by atomic mass is 19.1. The number of carbonyl (C=O) groups is 1. The van der Waals surface area contributed by atoms with Gasteiger partial charge in [-0.3, -0.25) is 9.59 Å². The van der Waals surface area contributed by atoms with Gasteiger partial charge in [0, 0.05) is 11.6 Å². The number of anilines is 1. The summed E-state index contributed by atoms with van der Waals surface area (Å²) in [5.74, 6) is -2.19. The van der Waals surface area contributed by atoms with E-state index in [-0.39, 0.29) is 11.2 Å². The third kappa shape index (κ3) is 3.82. The van der Waals surface area contributed by atoms with E-state index in [4.69, 9.17) is 0 Å². The van der Waals surface area contributed by atoms with Crippen molar-refractivity contribution in [3.63, 3.8) is 0 Å². The summed E-state index contributed by atoms with van der Waals surface area (Å²) in [5, 5.41) is 10.5. The maximum absolute atomic E-state index is 13.7. The molecule has 152 valence electrons. The number of benzene rings is 2. The molecule has 0 bridgehead atoms. The van der Waals surface area contributed by atoms with Crippen molar-refractivity contribution in [3.05, 3.63) is 82.4 Å². The lowest BCUT2D eigenvalue weighted by Gasteiger charge is -2.07. The Bertz CT molecular complexity index is 1300. The Labute approximate surface area is 169 Å². The van der Waals surface area contributed by atoms with Crippen LogP contribution in [0.2, 0.25) is 0 Å². The van der Waals surface area contributed by atoms with Crippen LogP contribution in [0.15, 0.2) is 59.7 Å². The molecule has 2 aromatic heterocycles. The minimum absolute atomic E-state index is 0.240. The Balaban J connectivity index is 1.59. The average Bonchev–Trinajstić information content (AvgIpc) is 3.18. The molecule has 9 heteroatoms. The van der Waals surface area contributed by atoms with Crippen LogP contribution in [0.4, 0.5) is 14.5 Å². The predicted molar refractivity (Wildman–Crippen MR) is 107 cm³/mol. The first-order chi connectivity index (χ1) is 14.4. The van der Waals surface area contributed by atoms with Crippen molar-refractivity contribution in [2.75, 3.05) is 5.32 Å². The molecule has 0 aliphatic carbocycles. The van der Waals surface area contributed by atoms with E-state index in [0.29, 0.717) is 5.69 Å². The van der Waals surface area contributed by atoms with E-state index in [9.17, 15) is 18.4 Å². The maximum atomic E-state index is 13.7. The van der Waals surface area contributed by atoms with Crippen LogP contribution in [0.25, 0.3) is 16.8 Å². The minimum atomic E-state index is -0.782. The van der Waals surface area contributed by atoms with Gasteiger partial charge in [0.2, 0.25) is 5.91 Å². The summed E-state index contributed by atoms with van der Waals surface area (Å²) in [6.07, 6.45) is 2.23. The molecule has 0 aliphatic rings. The lowest BCUT2D eigenvalue weighted by Crippen LogP contribution is -2.30. The van der Waals surface area contributed by atoms with Gasteiger partial charge in [0.1, 0.15) is 30.0 Å². The van der Waals surface area contributed by atoms with E-state index >= 15 is 0 Å². The smallest absolute Gasteiger partial charge is 0.293 e. The number of aryl methyl sites for hydroxylation is 1. The molecule has 0 radical (unpaired) electrons. The van der Waals surface area contributed by atoms with Gasteiger partial charge in [-0.25, -0.2) is 18.0 Å². The molecule has 0 spiro atoms. The lowest BCUT2D eigenvalue weighted by molar-refractivity contribution is -0.117. The van der Waals surface area contributed by atoms with Crippen molar-refractivity contribution in [2.45, 2.75) is 19.9 Å². The van der Waals surface area contributed by atoms with Gasteiger partial charge in [-0.05, 0) is 30.2 Å². The van der Waals surface area contributed by atoms with Crippen LogP contribution in [-0.2, 0) is 17.8 Å². The topological polar surface area (TPSA) is 81.3 Å². The van der Waals surface area contributed by atoms with Gasteiger partial charge in [-0.1, -0.05) is 31.2 Å². The average molecular weight is 409 g/mol. The fourth-order valence-electron chi connectivity index (χ4n) is 3.02. The molecular formula is C21H17F2N5O2. The van der Waals surface area contributed by atoms with Gasteiger partial charge < -0.3 is 5.32 Å². The number of aromatic nitrogens is 4. The molecule has 0 unspecified atom stereocenters. The summed E-state index contributed by atoms with van der Waals surface area (Å²) in [7, 11) is 0. The van der Waals surface area contributed by atoms with Gasteiger partial charge in [0.25, 0.3) is 5.56 Å². The van der Waals surface area contributed by atoms with E-state index in [1.165, 1.54) is 16.4 Å². The number of nitrogens with zero attached hydrogens (tertiary/aromatic N) is 4. The number of halogens is 2. The SMILES string of the molecule is CCc1ccc(-c2cc3c(=O)n(CC(=O)Nc4cc(F)ccc4F)ncn3n2)cc1. The Morgan fingerprint density at radius 1 is 1.10 bits per heavy atom. The molecule has 0 aliphatic heterocycles. The largest absolute Gasteiger partial charge is 0.322 e. The number of hydrogen-bond acceptors (Lipinski definition) is 4. The Morgan fingerprint density at radius 2 is 1.87 bits per heavy atom. The monoisotopic (exact) mass is 409 g/mol. The number of fused-ring (bicyclic) bond motifs is 1. The van der Waals surface area contributed by atoms with Crippen molar-refractivity contribution in [1.82, 2.24) is 19.4 Å². The van der Waals surface area contributed by atoms with Crippen LogP contribution in [-0.4, -0.2) is 25.3 Å². The lowest BCUT2D eigenvalue weighted by atomic mass is 10.1. The van der Waals surface area contributed by atoms with Crippen LogP contribution in [0.3, 0.4) is 0 Å². The number of amides is 1. The first kappa shape index (κ1) is 19.4. The van der Waals surface area contributed by atoms with Gasteiger partial charge in [0.05, 0.1) is 11.4 Å². The summed E-state index contributed by atoms with van der Waals surface area (Å²) in [6, 6.07) is 12.2. The van der Waals surface area contributed by atoms with Crippen molar-refractivity contribution in [1.29, 1.82) is 0 Å². The van der Waals surface area contributed by atoms with Crippen molar-refractivity contribution in [2.24, 2.45) is 0 Å². The highest BCUT2D eigenvalue weighted by Gasteiger charge is 2.14. The van der Waals surface area contributed by atoms with Crippen molar-refractivity contribution >= 4 is 17.1 Å². The summed E-state index contributed by atoms with van der Waals surface area (Å²) >= 11 is 0. The number of carbonyl (C=O) groups excluding carboxylic acids is 1. The molecule has 1 N–H and O–H groups in total. The zero-order chi connectivity index (χ0) is 21.3. The third-order valence-corrected chi connectivity index (χ3v) is 4.64. The third-order valence-electron chi connectivity index (χ3n) is 4.64. The van der Waals surface area contributed by atoms with E-state index in [1.807, 2.05) is 24.3 Å². The minimum Gasteiger partial charge on any atom is -0.322 e. The molecule has 4 rings (SSSR count). The predicted octanol–water partition coefficient (Wildman–Crippen LogP) is 3.04. The van der Waals surface area contributed by atoms with E-state index in [1.54, 1.807) is 6.07 Å². The highest BCUT2D eigenvalue weighted by Crippen LogP contribution is 2.19. The zero-order valence-electron chi connectivity index (χ0n) is 16.0. The molecule has 30 heavy (non-hydrogen) atoms. The quantitative estimate of drug-likeness (QED) is 0.549. The summed E-state index contributed by atoms with van der Waals surface area (Å²) < 4.78 is 29.2. The van der Waals surface area contributed by atoms with Crippen molar-refractivity contribution < 1.29 is 13.6 Å². The Hall–Kier alpha value is -3.88. The van der Waals surface area contributed by atoms with Gasteiger partial charge >= 0.3 is 0 Å². The second-order valence-electron chi connectivity index (χ2n) is 6.68. The number of hydrogen-bond donors (Lipinski definition) is 1. The normalized spacial score (nSPS) is 11.0. The highest BCUT2D eigenvalue weighted by molar-refractivity contribution is 5.90. The standard InChI is InChI=1S/C21H17F2N5O2/c1-2-13-3-5-14(6-4-13)17-10-19-21(30)27(24-12-28(19)26-17)11-20(29)25-18-9-15(22)7-8-16(18)23/h3-10,12H,2,11H2,1H3,(H,25,29). The number of nitrogens with one attached hydrogen (secondary N) is 1. The Kier molecular flexibility index (Phi) is 5.09. The summed E-state index contributed by atoms with van der Waals surface area (Å²) in [6.45, 7) is 1.60. The molecular weight excluding hydrogens is 392 g/mol. The zero-order valence-corrected chi connectivity index (χ0v) is 16.0. The van der Waals surface area contributed by atoms with E-state index in [0.717, 1.165) is 34.9 Å². The fourth-order valence-corrected chi connectivity index (χ4v) is 3.02. The molecule has 0 saturated heterocycles. The second kappa shape index (κ2) is 7.86. The van der Waals surface area contributed by atoms with Gasteiger partial charge in [0.15, 0.2) is 0 Å². The van der Waals surface area contributed by atoms with Crippen molar-refractivity contribution in [3.8, 4) is 11.3 Å². The molecule has 4 aromatic rings. The summed E-state index contributed by atoms with van der Waals surface area (Å²) in [5.41, 5.74) is 2.03. The molecule has 2 heterocycles.